The van der Waals surface area contributed by atoms with Crippen LogP contribution in [0.3, 0.4) is 0 Å². The first-order valence-corrected chi connectivity index (χ1v) is 11.7. The molecule has 0 aromatic heterocycles. The average Bonchev–Trinajstić information content (AvgIpc) is 2.79. The Labute approximate surface area is 202 Å². The van der Waals surface area contributed by atoms with Gasteiger partial charge in [-0.15, -0.1) is 0 Å². The number of aryl methyl sites for hydroxylation is 1. The van der Waals surface area contributed by atoms with Crippen LogP contribution in [0.2, 0.25) is 0 Å². The molecule has 0 aliphatic rings. The van der Waals surface area contributed by atoms with Crippen molar-refractivity contribution in [3.63, 3.8) is 0 Å². The smallest absolute Gasteiger partial charge is 0.314 e. The van der Waals surface area contributed by atoms with Gasteiger partial charge in [0.1, 0.15) is 17.2 Å². The molecule has 0 unspecified atom stereocenters. The van der Waals surface area contributed by atoms with Crippen molar-refractivity contribution >= 4 is 17.8 Å². The van der Waals surface area contributed by atoms with Crippen molar-refractivity contribution < 1.29 is 28.5 Å². The summed E-state index contributed by atoms with van der Waals surface area (Å²) in [5, 5.41) is 0. The lowest BCUT2D eigenvalue weighted by atomic mass is 9.98. The van der Waals surface area contributed by atoms with E-state index in [9.17, 15) is 9.59 Å². The van der Waals surface area contributed by atoms with Crippen LogP contribution in [0, 0.1) is 5.41 Å². The Hall–Kier alpha value is -3.28. The summed E-state index contributed by atoms with van der Waals surface area (Å²) in [5.74, 6) is 1.53. The summed E-state index contributed by atoms with van der Waals surface area (Å²) in [6.45, 7) is 12.2. The maximum atomic E-state index is 12.7. The quantitative estimate of drug-likeness (QED) is 0.158. The van der Waals surface area contributed by atoms with Gasteiger partial charge in [0.05, 0.1) is 18.6 Å². The largest absolute Gasteiger partial charge is 0.493 e. The molecule has 2 aromatic rings. The summed E-state index contributed by atoms with van der Waals surface area (Å²) < 4.78 is 22.1. The number of hydrogen-bond acceptors (Lipinski definition) is 6. The van der Waals surface area contributed by atoms with Crippen molar-refractivity contribution in [1.29, 1.82) is 0 Å². The molecule has 0 aliphatic heterocycles. The standard InChI is InChI=1S/C28H36O6/c1-7-10-21-17-22(26(32-9-3)18-25(21)31-8-2)13-16-24(29)20-11-14-23(15-12-20)33-19-34-27(30)28(4,5)6/h11-18H,7-10,19H2,1-6H3. The van der Waals surface area contributed by atoms with E-state index < -0.39 is 5.41 Å². The summed E-state index contributed by atoms with van der Waals surface area (Å²) in [6.07, 6.45) is 5.18. The van der Waals surface area contributed by atoms with Gasteiger partial charge in [-0.25, -0.2) is 0 Å². The lowest BCUT2D eigenvalue weighted by molar-refractivity contribution is -0.159. The molecule has 0 heterocycles. The molecule has 0 spiro atoms. The number of benzene rings is 2. The van der Waals surface area contributed by atoms with Crippen molar-refractivity contribution in [3.8, 4) is 17.2 Å². The second-order valence-electron chi connectivity index (χ2n) is 8.78. The normalized spacial score (nSPS) is 11.4. The molecule has 0 bridgehead atoms. The van der Waals surface area contributed by atoms with Crippen LogP contribution in [0.1, 0.15) is 69.4 Å². The molecule has 2 rings (SSSR count). The van der Waals surface area contributed by atoms with E-state index in [-0.39, 0.29) is 18.5 Å². The minimum atomic E-state index is -0.589. The predicted octanol–water partition coefficient (Wildman–Crippen LogP) is 6.26. The van der Waals surface area contributed by atoms with Crippen molar-refractivity contribution in [2.75, 3.05) is 20.0 Å². The third-order valence-corrected chi connectivity index (χ3v) is 4.89. The predicted molar refractivity (Wildman–Crippen MR) is 134 cm³/mol. The number of ether oxygens (including phenoxy) is 4. The molecule has 6 heteroatoms. The molecular weight excluding hydrogens is 432 g/mol. The molecule has 34 heavy (non-hydrogen) atoms. The van der Waals surface area contributed by atoms with Crippen molar-refractivity contribution in [2.24, 2.45) is 5.41 Å². The van der Waals surface area contributed by atoms with E-state index in [0.717, 1.165) is 29.7 Å². The van der Waals surface area contributed by atoms with E-state index >= 15 is 0 Å². The molecule has 0 saturated carbocycles. The highest BCUT2D eigenvalue weighted by molar-refractivity contribution is 6.07. The first-order valence-electron chi connectivity index (χ1n) is 11.7. The second kappa shape index (κ2) is 12.8. The van der Waals surface area contributed by atoms with Gasteiger partial charge in [-0.05, 0) is 89.1 Å². The zero-order chi connectivity index (χ0) is 25.1. The van der Waals surface area contributed by atoms with E-state index in [0.29, 0.717) is 30.3 Å². The van der Waals surface area contributed by atoms with Crippen LogP contribution >= 0.6 is 0 Å². The molecule has 2 aromatic carbocycles. The van der Waals surface area contributed by atoms with Gasteiger partial charge in [-0.3, -0.25) is 9.59 Å². The monoisotopic (exact) mass is 468 g/mol. The highest BCUT2D eigenvalue weighted by Gasteiger charge is 2.23. The van der Waals surface area contributed by atoms with E-state index in [1.807, 2.05) is 26.0 Å². The van der Waals surface area contributed by atoms with Crippen molar-refractivity contribution in [1.82, 2.24) is 0 Å². The van der Waals surface area contributed by atoms with Gasteiger partial charge in [-0.1, -0.05) is 13.3 Å². The number of rotatable bonds is 12. The number of carbonyl (C=O) groups is 2. The average molecular weight is 469 g/mol. The highest BCUT2D eigenvalue weighted by atomic mass is 16.7. The fourth-order valence-electron chi connectivity index (χ4n) is 3.14. The Bertz CT molecular complexity index is 983. The number of allylic oxidation sites excluding steroid dienone is 1. The van der Waals surface area contributed by atoms with Crippen LogP contribution in [0.4, 0.5) is 0 Å². The van der Waals surface area contributed by atoms with Crippen LogP contribution in [-0.4, -0.2) is 31.8 Å². The van der Waals surface area contributed by atoms with Crippen LogP contribution in [-0.2, 0) is 16.0 Å². The Morgan fingerprint density at radius 3 is 2.12 bits per heavy atom. The maximum absolute atomic E-state index is 12.7. The maximum Gasteiger partial charge on any atom is 0.314 e. The minimum absolute atomic E-state index is 0.140. The van der Waals surface area contributed by atoms with E-state index in [4.69, 9.17) is 18.9 Å². The van der Waals surface area contributed by atoms with Gasteiger partial charge >= 0.3 is 5.97 Å². The van der Waals surface area contributed by atoms with Gasteiger partial charge in [0.25, 0.3) is 0 Å². The molecule has 0 amide bonds. The number of hydrogen-bond donors (Lipinski definition) is 0. The molecule has 0 radical (unpaired) electrons. The Balaban J connectivity index is 2.11. The summed E-state index contributed by atoms with van der Waals surface area (Å²) >= 11 is 0. The third kappa shape index (κ3) is 7.94. The van der Waals surface area contributed by atoms with Crippen LogP contribution in [0.15, 0.2) is 42.5 Å². The van der Waals surface area contributed by atoms with Gasteiger partial charge in [-0.2, -0.15) is 0 Å². The molecular formula is C28H36O6. The van der Waals surface area contributed by atoms with Gasteiger partial charge in [0.15, 0.2) is 5.78 Å². The van der Waals surface area contributed by atoms with Crippen molar-refractivity contribution in [3.05, 3.63) is 59.2 Å². The number of carbonyl (C=O) groups excluding carboxylic acids is 2. The van der Waals surface area contributed by atoms with Crippen LogP contribution in [0.5, 0.6) is 17.2 Å². The van der Waals surface area contributed by atoms with E-state index in [1.165, 1.54) is 6.08 Å². The lowest BCUT2D eigenvalue weighted by Crippen LogP contribution is -2.24. The summed E-state index contributed by atoms with van der Waals surface area (Å²) in [4.78, 5) is 24.5. The first-order chi connectivity index (χ1) is 16.2. The molecule has 0 N–H and O–H groups in total. The number of ketones is 1. The van der Waals surface area contributed by atoms with Gasteiger partial charge in [0, 0.05) is 17.2 Å². The first kappa shape index (κ1) is 27.0. The lowest BCUT2D eigenvalue weighted by Gasteiger charge is -2.16. The van der Waals surface area contributed by atoms with Crippen molar-refractivity contribution in [2.45, 2.75) is 54.4 Å². The fraction of sp³-hybridized carbons (Fsp3) is 0.429. The molecule has 0 atom stereocenters. The van der Waals surface area contributed by atoms with Gasteiger partial charge < -0.3 is 18.9 Å². The Morgan fingerprint density at radius 1 is 0.882 bits per heavy atom. The summed E-state index contributed by atoms with van der Waals surface area (Å²) in [5.41, 5.74) is 1.86. The Kier molecular flexibility index (Phi) is 10.2. The molecule has 184 valence electrons. The third-order valence-electron chi connectivity index (χ3n) is 4.89. The molecule has 0 fully saturated rings. The SMILES string of the molecule is CCCc1cc(C=CC(=O)c2ccc(OCOC(=O)C(C)(C)C)cc2)c(OCC)cc1OCC. The van der Waals surface area contributed by atoms with E-state index in [1.54, 1.807) is 51.1 Å². The fourth-order valence-corrected chi connectivity index (χ4v) is 3.14. The zero-order valence-corrected chi connectivity index (χ0v) is 21.1. The highest BCUT2D eigenvalue weighted by Crippen LogP contribution is 2.31. The molecule has 0 saturated heterocycles. The van der Waals surface area contributed by atoms with Crippen LogP contribution in [0.25, 0.3) is 6.08 Å². The van der Waals surface area contributed by atoms with E-state index in [2.05, 4.69) is 6.92 Å². The van der Waals surface area contributed by atoms with Gasteiger partial charge in [0.2, 0.25) is 6.79 Å². The summed E-state index contributed by atoms with van der Waals surface area (Å²) in [6, 6.07) is 10.6. The zero-order valence-electron chi connectivity index (χ0n) is 21.1. The molecule has 0 aliphatic carbocycles. The Morgan fingerprint density at radius 2 is 1.53 bits per heavy atom. The second-order valence-corrected chi connectivity index (χ2v) is 8.78. The number of esters is 1. The topological polar surface area (TPSA) is 71.1 Å². The van der Waals surface area contributed by atoms with Crippen LogP contribution < -0.4 is 14.2 Å². The minimum Gasteiger partial charge on any atom is -0.493 e. The summed E-state index contributed by atoms with van der Waals surface area (Å²) in [7, 11) is 0. The molecule has 6 nitrogen and oxygen atoms in total.